The zero-order valence-electron chi connectivity index (χ0n) is 7.42. The Morgan fingerprint density at radius 3 is 2.47 bits per heavy atom. The van der Waals surface area contributed by atoms with E-state index in [0.29, 0.717) is 4.88 Å². The highest BCUT2D eigenvalue weighted by Gasteiger charge is 2.19. The zero-order chi connectivity index (χ0) is 10.9. The summed E-state index contributed by atoms with van der Waals surface area (Å²) in [6.45, 7) is 0. The molecule has 2 rings (SSSR count). The molecule has 0 atom stereocenters. The number of aromatic nitrogens is 1. The maximum atomic E-state index is 11.2. The Bertz CT molecular complexity index is 563. The normalized spacial score (nSPS) is 11.5. The highest BCUT2D eigenvalue weighted by atomic mass is 35.7. The lowest BCUT2D eigenvalue weighted by Gasteiger charge is -1.98. The Hall–Kier alpha value is -0.910. The van der Waals surface area contributed by atoms with Gasteiger partial charge in [0.05, 0.1) is 10.4 Å². The van der Waals surface area contributed by atoms with Crippen molar-refractivity contribution in [1.82, 2.24) is 4.98 Å². The van der Waals surface area contributed by atoms with Crippen LogP contribution in [-0.2, 0) is 9.05 Å². The van der Waals surface area contributed by atoms with Crippen LogP contribution in [0.15, 0.2) is 40.9 Å². The van der Waals surface area contributed by atoms with Crippen molar-refractivity contribution in [2.75, 3.05) is 0 Å². The fraction of sp³-hybridized carbons (Fsp3) is 0. The lowest BCUT2D eigenvalue weighted by molar-refractivity contribution is 0.607. The molecule has 1 aromatic heterocycles. The van der Waals surface area contributed by atoms with Gasteiger partial charge in [0.2, 0.25) is 0 Å². The molecule has 0 aliphatic carbocycles. The third kappa shape index (κ3) is 2.19. The van der Waals surface area contributed by atoms with E-state index in [4.69, 9.17) is 10.7 Å². The standard InChI is InChI=1S/C9H6ClNO2S2/c10-15(12,13)9-8(14-6-11-9)7-4-2-1-3-5-7/h1-6H. The molecule has 6 heteroatoms. The van der Waals surface area contributed by atoms with Crippen molar-refractivity contribution < 1.29 is 8.42 Å². The number of hydrogen-bond donors (Lipinski definition) is 0. The third-order valence-corrected chi connectivity index (χ3v) is 4.02. The molecule has 78 valence electrons. The molecular weight excluding hydrogens is 254 g/mol. The Labute approximate surface area is 95.8 Å². The van der Waals surface area contributed by atoms with Gasteiger partial charge in [0.15, 0.2) is 5.03 Å². The van der Waals surface area contributed by atoms with Crippen molar-refractivity contribution in [3.8, 4) is 10.4 Å². The van der Waals surface area contributed by atoms with Gasteiger partial charge >= 0.3 is 0 Å². The van der Waals surface area contributed by atoms with Crippen LogP contribution in [0.5, 0.6) is 0 Å². The van der Waals surface area contributed by atoms with Gasteiger partial charge in [-0.05, 0) is 5.56 Å². The van der Waals surface area contributed by atoms with Crippen LogP contribution in [0.25, 0.3) is 10.4 Å². The first kappa shape index (κ1) is 10.6. The fourth-order valence-electron chi connectivity index (χ4n) is 1.19. The maximum absolute atomic E-state index is 11.2. The average molecular weight is 260 g/mol. The quantitative estimate of drug-likeness (QED) is 0.779. The first-order valence-electron chi connectivity index (χ1n) is 4.02. The van der Waals surface area contributed by atoms with Crippen LogP contribution in [0.3, 0.4) is 0 Å². The zero-order valence-corrected chi connectivity index (χ0v) is 9.81. The summed E-state index contributed by atoms with van der Waals surface area (Å²) in [5.41, 5.74) is 2.27. The van der Waals surface area contributed by atoms with Crippen LogP contribution < -0.4 is 0 Å². The van der Waals surface area contributed by atoms with Crippen molar-refractivity contribution in [2.24, 2.45) is 0 Å². The van der Waals surface area contributed by atoms with Crippen LogP contribution in [0.1, 0.15) is 0 Å². The molecule has 0 saturated carbocycles. The van der Waals surface area contributed by atoms with Crippen LogP contribution in [0, 0.1) is 0 Å². The second-order valence-corrected chi connectivity index (χ2v) is 6.13. The Kier molecular flexibility index (Phi) is 2.77. The SMILES string of the molecule is O=S(=O)(Cl)c1ncsc1-c1ccccc1. The van der Waals surface area contributed by atoms with Crippen LogP contribution in [-0.4, -0.2) is 13.4 Å². The molecular formula is C9H6ClNO2S2. The molecule has 0 aliphatic rings. The number of thiazole rings is 1. The summed E-state index contributed by atoms with van der Waals surface area (Å²) in [7, 11) is 1.50. The Morgan fingerprint density at radius 2 is 1.87 bits per heavy atom. The summed E-state index contributed by atoms with van der Waals surface area (Å²) < 4.78 is 22.4. The monoisotopic (exact) mass is 259 g/mol. The number of halogens is 1. The predicted octanol–water partition coefficient (Wildman–Crippen LogP) is 2.74. The predicted molar refractivity (Wildman–Crippen MR) is 60.6 cm³/mol. The minimum Gasteiger partial charge on any atom is -0.231 e. The average Bonchev–Trinajstić information content (AvgIpc) is 2.67. The minimum absolute atomic E-state index is 0.0691. The molecule has 1 aromatic carbocycles. The van der Waals surface area contributed by atoms with Gasteiger partial charge in [-0.15, -0.1) is 11.3 Å². The Balaban J connectivity index is 2.61. The third-order valence-electron chi connectivity index (χ3n) is 1.80. The first-order valence-corrected chi connectivity index (χ1v) is 7.21. The van der Waals surface area contributed by atoms with Crippen molar-refractivity contribution in [3.63, 3.8) is 0 Å². The lowest BCUT2D eigenvalue weighted by Crippen LogP contribution is -1.92. The van der Waals surface area contributed by atoms with Gasteiger partial charge in [0.1, 0.15) is 0 Å². The summed E-state index contributed by atoms with van der Waals surface area (Å²) in [6.07, 6.45) is 0. The van der Waals surface area contributed by atoms with E-state index >= 15 is 0 Å². The van der Waals surface area contributed by atoms with E-state index in [9.17, 15) is 8.42 Å². The number of benzene rings is 1. The van der Waals surface area contributed by atoms with Crippen molar-refractivity contribution in [2.45, 2.75) is 5.03 Å². The molecule has 3 nitrogen and oxygen atoms in total. The second kappa shape index (κ2) is 3.92. The smallest absolute Gasteiger partial charge is 0.231 e. The van der Waals surface area contributed by atoms with Crippen molar-refractivity contribution >= 4 is 31.1 Å². The van der Waals surface area contributed by atoms with E-state index in [2.05, 4.69) is 4.98 Å². The fourth-order valence-corrected chi connectivity index (χ4v) is 3.43. The van der Waals surface area contributed by atoms with Crippen LogP contribution in [0.4, 0.5) is 0 Å². The molecule has 0 saturated heterocycles. The Morgan fingerprint density at radius 1 is 1.20 bits per heavy atom. The molecule has 0 spiro atoms. The number of hydrogen-bond acceptors (Lipinski definition) is 4. The lowest BCUT2D eigenvalue weighted by atomic mass is 10.2. The molecule has 2 aromatic rings. The molecule has 0 radical (unpaired) electrons. The van der Waals surface area contributed by atoms with E-state index in [1.807, 2.05) is 30.3 Å². The summed E-state index contributed by atoms with van der Waals surface area (Å²) >= 11 is 1.25. The van der Waals surface area contributed by atoms with Gasteiger partial charge in [0.25, 0.3) is 9.05 Å². The largest absolute Gasteiger partial charge is 0.280 e. The highest BCUT2D eigenvalue weighted by molar-refractivity contribution is 8.13. The molecule has 0 fully saturated rings. The van der Waals surface area contributed by atoms with Gasteiger partial charge in [-0.3, -0.25) is 0 Å². The van der Waals surface area contributed by atoms with E-state index in [-0.39, 0.29) is 5.03 Å². The molecule has 15 heavy (non-hydrogen) atoms. The van der Waals surface area contributed by atoms with Gasteiger partial charge in [-0.1, -0.05) is 30.3 Å². The van der Waals surface area contributed by atoms with E-state index in [0.717, 1.165) is 5.56 Å². The van der Waals surface area contributed by atoms with E-state index in [1.165, 1.54) is 16.8 Å². The van der Waals surface area contributed by atoms with Crippen LogP contribution in [0.2, 0.25) is 0 Å². The maximum Gasteiger partial charge on any atom is 0.280 e. The number of rotatable bonds is 2. The van der Waals surface area contributed by atoms with Gasteiger partial charge in [-0.2, -0.15) is 0 Å². The summed E-state index contributed by atoms with van der Waals surface area (Å²) in [5, 5.41) is -0.0691. The van der Waals surface area contributed by atoms with E-state index in [1.54, 1.807) is 0 Å². The first-order chi connectivity index (χ1) is 7.09. The van der Waals surface area contributed by atoms with Crippen molar-refractivity contribution in [1.29, 1.82) is 0 Å². The summed E-state index contributed by atoms with van der Waals surface area (Å²) in [5.74, 6) is 0. The van der Waals surface area contributed by atoms with Gasteiger partial charge in [-0.25, -0.2) is 13.4 Å². The summed E-state index contributed by atoms with van der Waals surface area (Å²) in [6, 6.07) is 9.16. The molecule has 0 bridgehead atoms. The molecule has 0 N–H and O–H groups in total. The minimum atomic E-state index is -3.77. The molecule has 0 amide bonds. The van der Waals surface area contributed by atoms with Crippen LogP contribution >= 0.6 is 22.0 Å². The van der Waals surface area contributed by atoms with Gasteiger partial charge < -0.3 is 0 Å². The summed E-state index contributed by atoms with van der Waals surface area (Å²) in [4.78, 5) is 4.34. The molecule has 1 heterocycles. The molecule has 0 aliphatic heterocycles. The molecule has 0 unspecified atom stereocenters. The van der Waals surface area contributed by atoms with E-state index < -0.39 is 9.05 Å². The number of nitrogens with zero attached hydrogens (tertiary/aromatic N) is 1. The van der Waals surface area contributed by atoms with Gasteiger partial charge in [0, 0.05) is 10.7 Å². The second-order valence-electron chi connectivity index (χ2n) is 2.79. The topological polar surface area (TPSA) is 47.0 Å². The highest BCUT2D eigenvalue weighted by Crippen LogP contribution is 2.31. The van der Waals surface area contributed by atoms with Crippen molar-refractivity contribution in [3.05, 3.63) is 35.8 Å².